The predicted molar refractivity (Wildman–Crippen MR) is 422 cm³/mol. The van der Waals surface area contributed by atoms with Crippen LogP contribution in [0.3, 0.4) is 0 Å². The summed E-state index contributed by atoms with van der Waals surface area (Å²) in [6.45, 7) is 10.8. The number of carbonyl (C=O) groups is 3. The third-order valence-electron chi connectivity index (χ3n) is 15.2. The molecule has 0 atom stereocenters. The molecule has 0 bridgehead atoms. The third kappa shape index (κ3) is 18.5. The van der Waals surface area contributed by atoms with E-state index < -0.39 is 140 Å². The van der Waals surface area contributed by atoms with Gasteiger partial charge in [0.25, 0.3) is 17.7 Å². The third-order valence-corrected chi connectivity index (χ3v) is 15.2. The Kier molecular flexibility index (Phi) is 13.3. The summed E-state index contributed by atoms with van der Waals surface area (Å²) in [5.74, 6) is -2.11. The van der Waals surface area contributed by atoms with Gasteiger partial charge in [-0.25, -0.2) is 34.9 Å². The lowest BCUT2D eigenvalue weighted by atomic mass is 10.1. The van der Waals surface area contributed by atoms with Gasteiger partial charge in [0.05, 0.1) is 83.2 Å². The maximum atomic E-state index is 13.5. The SMILES string of the molecule is [2H]c1nc(=Nc2cc(C(=O)Nc3c([2H])c(C)c([2H])c(-n4ccc(C)c4)c3[2H])ccc2C([2H])([2H])[2H])[nH]c(-c2c([2H])nc([2H])c([2H])c2[2H])c1[2H].[2H]c1nc(=Nc2cc(C(=O)Nc3c([2H])c(C)c([2H])c(-n4ccc(C)c4)c3[2H])ccc2C)[nH]c(-c2c([2H])nc([2H])c([2H])c2[2H])c1[2H].[2H]c1nc(=Nc2cc(C(=O)Nc3c([2H])c(C)c([2H])c(-n4cnc(C)c4)c3[2H])ccc2C)[nH]c(-c2c([2H])nc([2H])c([2H])c2[2H])c1[2H]. The van der Waals surface area contributed by atoms with E-state index in [1.165, 1.54) is 48.1 Å². The first-order chi connectivity index (χ1) is 64.8. The Hall–Kier alpha value is -14.4. The minimum atomic E-state index is -2.74. The molecule has 22 nitrogen and oxygen atoms in total. The average Bonchev–Trinajstić information content (AvgIpc) is 1.74. The van der Waals surface area contributed by atoms with E-state index in [1.807, 2.05) is 19.9 Å². The molecule has 0 fully saturated rings. The zero-order valence-electron chi connectivity index (χ0n) is 88.4. The number of amides is 3. The van der Waals surface area contributed by atoms with E-state index in [0.717, 1.165) is 23.3 Å². The number of nitrogens with zero attached hydrogens (tertiary/aromatic N) is 13. The van der Waals surface area contributed by atoms with Crippen molar-refractivity contribution in [3.8, 4) is 50.8 Å². The molecule has 15 rings (SSSR count). The number of pyridine rings is 3. The molecule has 0 aliphatic heterocycles. The Balaban J connectivity index is 0.000000175. The quantitative estimate of drug-likeness (QED) is 0.0564. The zero-order valence-corrected chi connectivity index (χ0v) is 58.4. The summed E-state index contributed by atoms with van der Waals surface area (Å²) >= 11 is 0. The van der Waals surface area contributed by atoms with Crippen LogP contribution in [0.15, 0.2) is 283 Å². The smallest absolute Gasteiger partial charge is 0.255 e. The molecule has 0 saturated carbocycles. The molecule has 22 heteroatoms. The summed E-state index contributed by atoms with van der Waals surface area (Å²) in [7, 11) is 0. The number of H-pyrrole nitrogens is 3. The molecule has 0 unspecified atom stereocenters. The van der Waals surface area contributed by atoms with Gasteiger partial charge in [0, 0.05) is 158 Å². The van der Waals surface area contributed by atoms with Gasteiger partial charge in [0.1, 0.15) is 0 Å². The van der Waals surface area contributed by atoms with Crippen LogP contribution in [-0.4, -0.2) is 81.3 Å². The van der Waals surface area contributed by atoms with E-state index in [-0.39, 0.29) is 184 Å². The standard InChI is InChI=1S/2C29H26N6O.C28H25N7O/c2*1-19-9-12-35(18-19)25-14-20(2)13-24(16-25)32-28(36)22-7-6-21(3)27(15-22)34-29-31-11-8-26(33-29)23-5-4-10-30-17-23;1-18-11-23(14-24(12-18)35-16-20(3)31-17-35)32-27(36)21-7-6-19(2)26(13-21)34-28-30-10-8-25(33-28)22-5-4-9-29-15-22/h2*4-18H,1-3H3,(H,32,36)(H,31,33,34);4-17H,1-3H3,(H,32,36)(H,30,33,34)/i3D3,4D,5D,8D,10D,11D,13D,14D,16D,17D;4D,5D,8D,10D,11D,13D,14D,16D,17D;4D,5D,8D,9D,10D,11D,12D,14D,15D. The largest absolute Gasteiger partial charge is 0.324 e. The molecule has 0 spiro atoms. The molecule has 9 heterocycles. The summed E-state index contributed by atoms with van der Waals surface area (Å²) in [5, 5.41) is 7.82. The summed E-state index contributed by atoms with van der Waals surface area (Å²) in [6, 6.07) is 10.1. The van der Waals surface area contributed by atoms with Gasteiger partial charge in [0.2, 0.25) is 16.9 Å². The number of carbonyl (C=O) groups excluding carboxylic acids is 3. The molecule has 108 heavy (non-hydrogen) atoms. The molecule has 0 radical (unpaired) electrons. The number of hydrogen-bond donors (Lipinski definition) is 6. The van der Waals surface area contributed by atoms with Crippen molar-refractivity contribution < 1.29 is 55.5 Å². The van der Waals surface area contributed by atoms with Crippen molar-refractivity contribution in [2.24, 2.45) is 15.0 Å². The molecular formula is C86H77N19O3. The van der Waals surface area contributed by atoms with Gasteiger partial charge in [-0.2, -0.15) is 0 Å². The number of aromatic nitrogens is 13. The van der Waals surface area contributed by atoms with E-state index in [2.05, 4.69) is 80.8 Å². The Labute approximate surface area is 665 Å². The van der Waals surface area contributed by atoms with Crippen molar-refractivity contribution in [2.45, 2.75) is 62.2 Å². The normalized spacial score (nSPS) is 15.5. The number of hydrogen-bond acceptors (Lipinski definition) is 13. The molecule has 534 valence electrons. The van der Waals surface area contributed by atoms with Crippen LogP contribution in [0.25, 0.3) is 50.8 Å². The van der Waals surface area contributed by atoms with Crippen molar-refractivity contribution in [1.82, 2.24) is 63.5 Å². The second kappa shape index (κ2) is 32.9. The van der Waals surface area contributed by atoms with Gasteiger partial charge in [0.15, 0.2) is 0 Å². The van der Waals surface area contributed by atoms with Crippen LogP contribution in [0.1, 0.15) is 122 Å². The van der Waals surface area contributed by atoms with Gasteiger partial charge in [-0.1, -0.05) is 18.2 Å². The number of rotatable bonds is 15. The first kappa shape index (κ1) is 43.6. The first-order valence-electron chi connectivity index (χ1n) is 47.4. The molecule has 6 N–H and O–H groups in total. The van der Waals surface area contributed by atoms with Crippen LogP contribution in [0.5, 0.6) is 0 Å². The van der Waals surface area contributed by atoms with Gasteiger partial charge in [-0.3, -0.25) is 29.3 Å². The number of nitrogens with one attached hydrogen (secondary N) is 6. The fourth-order valence-corrected chi connectivity index (χ4v) is 10.0. The van der Waals surface area contributed by atoms with Crippen LogP contribution in [-0.2, 0) is 0 Å². The van der Waals surface area contributed by atoms with Gasteiger partial charge < -0.3 is 44.6 Å². The maximum Gasteiger partial charge on any atom is 0.255 e. The van der Waals surface area contributed by atoms with Crippen LogP contribution in [0.4, 0.5) is 34.1 Å². The molecule has 0 saturated heterocycles. The minimum absolute atomic E-state index is 0.00560. The van der Waals surface area contributed by atoms with E-state index in [4.69, 9.17) is 41.1 Å². The van der Waals surface area contributed by atoms with Gasteiger partial charge in [-0.05, 0) is 264 Å². The Morgan fingerprint density at radius 3 is 1.10 bits per heavy atom. The Morgan fingerprint density at radius 1 is 0.398 bits per heavy atom. The fraction of sp³-hybridized carbons (Fsp3) is 0.105. The van der Waals surface area contributed by atoms with E-state index in [1.54, 1.807) is 92.9 Å². The molecule has 0 aliphatic carbocycles. The van der Waals surface area contributed by atoms with E-state index in [9.17, 15) is 14.4 Å². The molecule has 9 aromatic heterocycles. The molecule has 6 aromatic carbocycles. The topological polar surface area (TPSA) is 277 Å². The lowest BCUT2D eigenvalue weighted by molar-refractivity contribution is 0.101. The van der Waals surface area contributed by atoms with Crippen molar-refractivity contribution in [3.05, 3.63) is 352 Å². The number of benzene rings is 6. The molecular weight excluding hydrogens is 1350 g/mol. The van der Waals surface area contributed by atoms with Gasteiger partial charge in [-0.15, -0.1) is 0 Å². The van der Waals surface area contributed by atoms with Crippen molar-refractivity contribution >= 4 is 51.8 Å². The summed E-state index contributed by atoms with van der Waals surface area (Å²) in [6.07, 6.45) is 4.77. The highest BCUT2D eigenvalue weighted by Crippen LogP contribution is 2.28. The Morgan fingerprint density at radius 2 is 0.759 bits per heavy atom. The molecule has 3 amide bonds. The molecule has 0 aliphatic rings. The second-order valence-corrected chi connectivity index (χ2v) is 23.6. The highest BCUT2D eigenvalue weighted by molar-refractivity contribution is 6.06. The van der Waals surface area contributed by atoms with Crippen molar-refractivity contribution in [3.63, 3.8) is 0 Å². The highest BCUT2D eigenvalue weighted by Gasteiger charge is 2.16. The number of aryl methyl sites for hydroxylation is 6. The number of anilines is 3. The summed E-state index contributed by atoms with van der Waals surface area (Å²) in [4.78, 5) is 88.3. The number of aromatic amines is 3. The van der Waals surface area contributed by atoms with Crippen LogP contribution in [0, 0.1) is 62.2 Å². The Bertz CT molecular complexity index is 7560. The monoisotopic (exact) mass is 1450 g/mol. The van der Waals surface area contributed by atoms with Crippen molar-refractivity contribution in [1.29, 1.82) is 0 Å². The minimum Gasteiger partial charge on any atom is -0.324 e. The van der Waals surface area contributed by atoms with E-state index >= 15 is 0 Å². The predicted octanol–water partition coefficient (Wildman–Crippen LogP) is 16.4. The second-order valence-electron chi connectivity index (χ2n) is 23.6. The highest BCUT2D eigenvalue weighted by atomic mass is 16.2. The maximum absolute atomic E-state index is 13.5. The lowest BCUT2D eigenvalue weighted by Gasteiger charge is -2.11. The van der Waals surface area contributed by atoms with Gasteiger partial charge >= 0.3 is 0 Å². The summed E-state index contributed by atoms with van der Waals surface area (Å²) in [5.41, 5.74) is 2.33. The first-order valence-corrected chi connectivity index (χ1v) is 32.4. The van der Waals surface area contributed by atoms with Crippen LogP contribution >= 0.6 is 0 Å². The van der Waals surface area contributed by atoms with Crippen LogP contribution in [0.2, 0.25) is 0 Å². The zero-order chi connectivity index (χ0) is 101. The van der Waals surface area contributed by atoms with E-state index in [0.29, 0.717) is 22.4 Å². The number of imidazole rings is 1. The summed E-state index contributed by atoms with van der Waals surface area (Å²) < 4.78 is 251. The fourth-order valence-electron chi connectivity index (χ4n) is 10.0. The lowest BCUT2D eigenvalue weighted by Crippen LogP contribution is -2.14. The average molecular weight is 1450 g/mol. The van der Waals surface area contributed by atoms with Crippen LogP contribution < -0.4 is 32.8 Å². The van der Waals surface area contributed by atoms with Crippen molar-refractivity contribution in [2.75, 3.05) is 16.0 Å². The molecule has 15 aromatic rings.